The highest BCUT2D eigenvalue weighted by Gasteiger charge is 2.45. The fraction of sp³-hybridized carbons (Fsp3) is 0.483. The molecule has 1 aliphatic carbocycles. The molecule has 7 nitrogen and oxygen atoms in total. The summed E-state index contributed by atoms with van der Waals surface area (Å²) in [5.41, 5.74) is 1.81. The first kappa shape index (κ1) is 24.7. The second-order valence-electron chi connectivity index (χ2n) is 11.0. The number of aromatic nitrogens is 2. The number of anilines is 1. The molecule has 2 N–H and O–H groups in total. The van der Waals surface area contributed by atoms with Gasteiger partial charge < -0.3 is 15.2 Å². The molecule has 4 atom stereocenters. The molecule has 3 fully saturated rings. The fourth-order valence-corrected chi connectivity index (χ4v) is 6.53. The Labute approximate surface area is 222 Å². The van der Waals surface area contributed by atoms with E-state index in [1.807, 2.05) is 30.3 Å². The zero-order valence-corrected chi connectivity index (χ0v) is 21.8. The highest BCUT2D eigenvalue weighted by molar-refractivity contribution is 6.32. The van der Waals surface area contributed by atoms with Crippen LogP contribution in [0.2, 0.25) is 5.02 Å². The maximum atomic E-state index is 13.0. The first-order chi connectivity index (χ1) is 17.9. The monoisotopic (exact) mass is 520 g/mol. The van der Waals surface area contributed by atoms with Gasteiger partial charge in [-0.25, -0.2) is 4.98 Å². The van der Waals surface area contributed by atoms with Crippen LogP contribution in [0.3, 0.4) is 0 Å². The summed E-state index contributed by atoms with van der Waals surface area (Å²) in [6, 6.07) is 12.0. The molecular weight excluding hydrogens is 488 g/mol. The number of nitrogens with zero attached hydrogens (tertiary/aromatic N) is 3. The van der Waals surface area contributed by atoms with Gasteiger partial charge in [-0.2, -0.15) is 0 Å². The molecule has 2 aromatic heterocycles. The normalized spacial score (nSPS) is 28.8. The lowest BCUT2D eigenvalue weighted by Gasteiger charge is -2.43. The van der Waals surface area contributed by atoms with E-state index in [9.17, 15) is 9.90 Å². The summed E-state index contributed by atoms with van der Waals surface area (Å²) in [7, 11) is 0. The van der Waals surface area contributed by atoms with E-state index in [0.717, 1.165) is 65.8 Å². The van der Waals surface area contributed by atoms with Crippen molar-refractivity contribution in [3.63, 3.8) is 0 Å². The number of carbonyl (C=O) groups excluding carboxylic acids is 1. The van der Waals surface area contributed by atoms with E-state index >= 15 is 0 Å². The Morgan fingerprint density at radius 2 is 1.97 bits per heavy atom. The van der Waals surface area contributed by atoms with Gasteiger partial charge in [-0.15, -0.1) is 0 Å². The lowest BCUT2D eigenvalue weighted by molar-refractivity contribution is -0.123. The number of fused-ring (bicyclic) bond motifs is 1. The van der Waals surface area contributed by atoms with Crippen molar-refractivity contribution in [3.05, 3.63) is 65.1 Å². The van der Waals surface area contributed by atoms with Gasteiger partial charge in [0, 0.05) is 40.3 Å². The van der Waals surface area contributed by atoms with Gasteiger partial charge in [-0.1, -0.05) is 17.7 Å². The predicted molar refractivity (Wildman–Crippen MR) is 144 cm³/mol. The number of aliphatic hydroxyl groups excluding tert-OH is 1. The number of carbonyl (C=O) groups is 1. The minimum Gasteiger partial charge on any atom is -0.389 e. The second-order valence-corrected chi connectivity index (χ2v) is 11.4. The Morgan fingerprint density at radius 3 is 2.65 bits per heavy atom. The van der Waals surface area contributed by atoms with Crippen LogP contribution < -0.4 is 5.32 Å². The number of benzene rings is 1. The zero-order chi connectivity index (χ0) is 25.6. The average Bonchev–Trinajstić information content (AvgIpc) is 3.23. The van der Waals surface area contributed by atoms with Crippen LogP contribution in [-0.2, 0) is 9.53 Å². The summed E-state index contributed by atoms with van der Waals surface area (Å²) in [6.07, 6.45) is 6.90. The van der Waals surface area contributed by atoms with Gasteiger partial charge in [0.2, 0.25) is 5.91 Å². The Balaban J connectivity index is 1.16. The molecule has 2 saturated heterocycles. The summed E-state index contributed by atoms with van der Waals surface area (Å²) in [4.78, 5) is 24.3. The first-order valence-corrected chi connectivity index (χ1v) is 13.6. The molecular formula is C29H33ClN4O3. The quantitative estimate of drug-likeness (QED) is 0.505. The molecule has 6 rings (SSSR count). The first-order valence-electron chi connectivity index (χ1n) is 13.2. The van der Waals surface area contributed by atoms with Gasteiger partial charge in [0.1, 0.15) is 5.82 Å². The molecule has 1 amide bonds. The number of hydrogen-bond acceptors (Lipinski definition) is 6. The number of hydrogen-bond donors (Lipinski definition) is 2. The van der Waals surface area contributed by atoms with E-state index in [-0.39, 0.29) is 23.3 Å². The van der Waals surface area contributed by atoms with Crippen LogP contribution in [0, 0.1) is 5.92 Å². The van der Waals surface area contributed by atoms with E-state index in [4.69, 9.17) is 16.3 Å². The summed E-state index contributed by atoms with van der Waals surface area (Å²) in [5.74, 6) is 0.995. The molecule has 3 aromatic rings. The molecule has 2 aliphatic heterocycles. The number of pyridine rings is 2. The van der Waals surface area contributed by atoms with Crippen molar-refractivity contribution in [2.45, 2.75) is 56.1 Å². The van der Waals surface area contributed by atoms with Crippen LogP contribution in [0.4, 0.5) is 5.82 Å². The molecule has 0 unspecified atom stereocenters. The number of nitrogens with one attached hydrogen (secondary N) is 1. The second kappa shape index (κ2) is 9.95. The number of likely N-dealkylation sites (tertiary alicyclic amines) is 1. The average molecular weight is 521 g/mol. The van der Waals surface area contributed by atoms with Crippen LogP contribution in [-0.4, -0.2) is 63.8 Å². The molecule has 0 bridgehead atoms. The van der Waals surface area contributed by atoms with E-state index < -0.39 is 6.10 Å². The molecule has 194 valence electrons. The Kier molecular flexibility index (Phi) is 6.65. The van der Waals surface area contributed by atoms with Crippen LogP contribution in [0.25, 0.3) is 10.8 Å². The van der Waals surface area contributed by atoms with Crippen molar-refractivity contribution in [2.75, 3.05) is 31.6 Å². The van der Waals surface area contributed by atoms with Gasteiger partial charge in [-0.05, 0) is 92.9 Å². The smallest absolute Gasteiger partial charge is 0.229 e. The molecule has 0 radical (unpaired) electrons. The number of amides is 1. The number of halogens is 1. The zero-order valence-electron chi connectivity index (χ0n) is 21.1. The maximum Gasteiger partial charge on any atom is 0.229 e. The number of aliphatic hydroxyl groups is 1. The van der Waals surface area contributed by atoms with E-state index in [1.54, 1.807) is 12.4 Å². The molecule has 37 heavy (non-hydrogen) atoms. The Morgan fingerprint density at radius 1 is 1.14 bits per heavy atom. The minimum absolute atomic E-state index is 0.00175. The predicted octanol–water partition coefficient (Wildman–Crippen LogP) is 4.74. The van der Waals surface area contributed by atoms with Gasteiger partial charge in [0.15, 0.2) is 0 Å². The van der Waals surface area contributed by atoms with Gasteiger partial charge in [0.05, 0.1) is 24.9 Å². The minimum atomic E-state index is -0.450. The van der Waals surface area contributed by atoms with Crippen LogP contribution in [0.15, 0.2) is 48.8 Å². The van der Waals surface area contributed by atoms with Crippen LogP contribution in [0.1, 0.15) is 55.7 Å². The van der Waals surface area contributed by atoms with E-state index in [1.165, 1.54) is 0 Å². The van der Waals surface area contributed by atoms with Crippen molar-refractivity contribution in [1.82, 2.24) is 14.9 Å². The topological polar surface area (TPSA) is 87.6 Å². The van der Waals surface area contributed by atoms with Crippen LogP contribution in [0.5, 0.6) is 0 Å². The van der Waals surface area contributed by atoms with Gasteiger partial charge >= 0.3 is 0 Å². The van der Waals surface area contributed by atoms with Crippen molar-refractivity contribution >= 4 is 34.1 Å². The summed E-state index contributed by atoms with van der Waals surface area (Å²) < 4.78 is 5.55. The molecule has 0 spiro atoms. The summed E-state index contributed by atoms with van der Waals surface area (Å²) in [6.45, 7) is 4.86. The third-order valence-corrected chi connectivity index (χ3v) is 9.14. The Hall–Kier alpha value is -2.58. The Bertz CT molecular complexity index is 1300. The molecule has 3 aliphatic rings. The summed E-state index contributed by atoms with van der Waals surface area (Å²) >= 11 is 6.74. The summed E-state index contributed by atoms with van der Waals surface area (Å²) in [5, 5.41) is 16.2. The lowest BCUT2D eigenvalue weighted by atomic mass is 9.71. The van der Waals surface area contributed by atoms with Crippen LogP contribution >= 0.6 is 11.6 Å². The third kappa shape index (κ3) is 4.63. The molecule has 1 aromatic carbocycles. The lowest BCUT2D eigenvalue weighted by Crippen LogP contribution is -2.56. The molecule has 8 heteroatoms. The van der Waals surface area contributed by atoms with Crippen molar-refractivity contribution < 1.29 is 14.6 Å². The molecule has 4 heterocycles. The number of piperidine rings is 1. The maximum absolute atomic E-state index is 13.0. The van der Waals surface area contributed by atoms with Crippen molar-refractivity contribution in [3.8, 4) is 0 Å². The number of ether oxygens (including phenoxy) is 1. The third-order valence-electron chi connectivity index (χ3n) is 8.81. The van der Waals surface area contributed by atoms with Crippen molar-refractivity contribution in [1.29, 1.82) is 0 Å². The SMILES string of the molecule is C[C@]1(N2CCC(c3cc4cc(NC(=O)[C@H]5CC[C@@H]5c5ccccn5)ncc4cc3Cl)CC2)COC[C@H]1O. The largest absolute Gasteiger partial charge is 0.389 e. The van der Waals surface area contributed by atoms with Gasteiger partial charge in [-0.3, -0.25) is 14.7 Å². The van der Waals surface area contributed by atoms with E-state index in [2.05, 4.69) is 33.2 Å². The molecule has 1 saturated carbocycles. The highest BCUT2D eigenvalue weighted by Crippen LogP contribution is 2.42. The van der Waals surface area contributed by atoms with Gasteiger partial charge in [0.25, 0.3) is 0 Å². The van der Waals surface area contributed by atoms with E-state index in [0.29, 0.717) is 24.9 Å². The van der Waals surface area contributed by atoms with Crippen molar-refractivity contribution in [2.24, 2.45) is 5.92 Å². The highest BCUT2D eigenvalue weighted by atomic mass is 35.5. The standard InChI is InChI=1S/C29H33ClN4O3/c1-29(17-37-16-26(29)35)34-10-7-18(8-11-34)23-12-19-14-27(32-15-20(19)13-24(23)30)33-28(36)22-6-5-21(22)25-4-2-3-9-31-25/h2-4,9,12-15,18,21-22,26,35H,5-8,10-11,16-17H2,1H3,(H,32,33,36)/t21-,22-,26+,29-/m0/s1. The fourth-order valence-electron chi connectivity index (χ4n) is 6.20. The number of rotatable bonds is 5.